The number of hydrogen-bond donors (Lipinski definition) is 1. The van der Waals surface area contributed by atoms with Crippen molar-refractivity contribution in [3.05, 3.63) is 34.9 Å². The van der Waals surface area contributed by atoms with Crippen molar-refractivity contribution in [2.24, 2.45) is 0 Å². The normalized spacial score (nSPS) is 12.6. The van der Waals surface area contributed by atoms with Gasteiger partial charge in [0, 0.05) is 0 Å². The van der Waals surface area contributed by atoms with Gasteiger partial charge >= 0.3 is 12.4 Å². The maximum atomic E-state index is 12.8. The van der Waals surface area contributed by atoms with Crippen LogP contribution in [0.25, 0.3) is 0 Å². The highest BCUT2D eigenvalue weighted by Crippen LogP contribution is 2.36. The van der Waals surface area contributed by atoms with E-state index in [4.69, 9.17) is 0 Å². The van der Waals surface area contributed by atoms with Gasteiger partial charge in [0.15, 0.2) is 0 Å². The van der Waals surface area contributed by atoms with Crippen molar-refractivity contribution < 1.29 is 26.3 Å². The zero-order chi connectivity index (χ0) is 20.3. The summed E-state index contributed by atoms with van der Waals surface area (Å²) in [4.78, 5) is 0. The quantitative estimate of drug-likeness (QED) is 0.296. The summed E-state index contributed by atoms with van der Waals surface area (Å²) in [6, 6.07) is 1.76. The Labute approximate surface area is 157 Å². The van der Waals surface area contributed by atoms with Crippen molar-refractivity contribution in [3.63, 3.8) is 0 Å². The van der Waals surface area contributed by atoms with Crippen LogP contribution in [0.15, 0.2) is 18.2 Å². The molecule has 7 heteroatoms. The number of halogens is 6. The zero-order valence-electron chi connectivity index (χ0n) is 15.8. The van der Waals surface area contributed by atoms with E-state index in [0.717, 1.165) is 37.9 Å². The van der Waals surface area contributed by atoms with Gasteiger partial charge in [-0.05, 0) is 49.7 Å². The van der Waals surface area contributed by atoms with Crippen LogP contribution in [0.2, 0.25) is 0 Å². The van der Waals surface area contributed by atoms with Crippen molar-refractivity contribution in [1.82, 2.24) is 5.32 Å². The Morgan fingerprint density at radius 2 is 1.15 bits per heavy atom. The van der Waals surface area contributed by atoms with E-state index in [9.17, 15) is 26.3 Å². The molecular formula is C20H29F6N. The summed E-state index contributed by atoms with van der Waals surface area (Å²) in [7, 11) is 0. The first-order chi connectivity index (χ1) is 12.6. The molecule has 0 bridgehead atoms. The van der Waals surface area contributed by atoms with Gasteiger partial charge in [0.25, 0.3) is 0 Å². The second-order valence-electron chi connectivity index (χ2n) is 6.89. The second-order valence-corrected chi connectivity index (χ2v) is 6.89. The predicted octanol–water partition coefficient (Wildman–Crippen LogP) is 7.00. The zero-order valence-corrected chi connectivity index (χ0v) is 15.8. The molecule has 27 heavy (non-hydrogen) atoms. The molecule has 0 aliphatic heterocycles. The van der Waals surface area contributed by atoms with Crippen LogP contribution in [0.1, 0.15) is 75.0 Å². The summed E-state index contributed by atoms with van der Waals surface area (Å²) in [5, 5.41) is 3.10. The number of nitrogens with one attached hydrogen (secondary N) is 1. The fraction of sp³-hybridized carbons (Fsp3) is 0.700. The number of hydrogen-bond acceptors (Lipinski definition) is 1. The second kappa shape index (κ2) is 11.6. The maximum Gasteiger partial charge on any atom is 0.416 e. The third kappa shape index (κ3) is 10.0. The molecule has 0 amide bonds. The lowest BCUT2D eigenvalue weighted by atomic mass is 10.0. The minimum absolute atomic E-state index is 0.0422. The van der Waals surface area contributed by atoms with Gasteiger partial charge in [-0.1, -0.05) is 51.9 Å². The molecule has 1 aromatic rings. The van der Waals surface area contributed by atoms with Crippen LogP contribution in [-0.2, 0) is 18.8 Å². The Hall–Kier alpha value is -1.24. The van der Waals surface area contributed by atoms with Gasteiger partial charge in [-0.15, -0.1) is 0 Å². The molecule has 0 spiro atoms. The van der Waals surface area contributed by atoms with E-state index in [-0.39, 0.29) is 18.1 Å². The fourth-order valence-electron chi connectivity index (χ4n) is 2.91. The lowest BCUT2D eigenvalue weighted by molar-refractivity contribution is -0.143. The van der Waals surface area contributed by atoms with Gasteiger partial charge in [0.1, 0.15) is 0 Å². The Morgan fingerprint density at radius 3 is 1.63 bits per heavy atom. The van der Waals surface area contributed by atoms with Crippen molar-refractivity contribution in [1.29, 1.82) is 0 Å². The first kappa shape index (κ1) is 23.8. The summed E-state index contributed by atoms with van der Waals surface area (Å²) >= 11 is 0. The average molecular weight is 397 g/mol. The molecule has 0 heterocycles. The van der Waals surface area contributed by atoms with Gasteiger partial charge in [-0.25, -0.2) is 0 Å². The molecule has 1 N–H and O–H groups in total. The monoisotopic (exact) mass is 397 g/mol. The molecule has 0 aliphatic rings. The van der Waals surface area contributed by atoms with Crippen LogP contribution in [0.5, 0.6) is 0 Å². The van der Waals surface area contributed by atoms with E-state index in [1.807, 2.05) is 0 Å². The third-order valence-electron chi connectivity index (χ3n) is 4.45. The smallest absolute Gasteiger partial charge is 0.316 e. The maximum absolute atomic E-state index is 12.8. The summed E-state index contributed by atoms with van der Waals surface area (Å²) in [5.74, 6) is 0. The largest absolute Gasteiger partial charge is 0.416 e. The molecule has 0 radical (unpaired) electrons. The number of unbranched alkanes of at least 4 members (excludes halogenated alkanes) is 7. The first-order valence-corrected chi connectivity index (χ1v) is 9.63. The van der Waals surface area contributed by atoms with Crippen LogP contribution in [0, 0.1) is 0 Å². The topological polar surface area (TPSA) is 12.0 Å². The summed E-state index contributed by atoms with van der Waals surface area (Å²) < 4.78 is 76.9. The van der Waals surface area contributed by atoms with Crippen molar-refractivity contribution in [2.45, 2.75) is 77.1 Å². The molecule has 0 atom stereocenters. The van der Waals surface area contributed by atoms with E-state index >= 15 is 0 Å². The molecule has 0 aliphatic carbocycles. The van der Waals surface area contributed by atoms with E-state index in [1.165, 1.54) is 32.1 Å². The predicted molar refractivity (Wildman–Crippen MR) is 95.6 cm³/mol. The molecule has 0 aromatic heterocycles. The molecule has 0 unspecified atom stereocenters. The van der Waals surface area contributed by atoms with E-state index in [2.05, 4.69) is 12.2 Å². The van der Waals surface area contributed by atoms with Gasteiger partial charge in [-0.2, -0.15) is 26.3 Å². The van der Waals surface area contributed by atoms with Crippen molar-refractivity contribution in [2.75, 3.05) is 13.1 Å². The van der Waals surface area contributed by atoms with E-state index in [0.29, 0.717) is 6.54 Å². The molecule has 0 fully saturated rings. The lowest BCUT2D eigenvalue weighted by Crippen LogP contribution is -2.19. The Morgan fingerprint density at radius 1 is 0.667 bits per heavy atom. The first-order valence-electron chi connectivity index (χ1n) is 9.63. The Bertz CT molecular complexity index is 504. The third-order valence-corrected chi connectivity index (χ3v) is 4.45. The molecule has 1 rings (SSSR count). The Balaban J connectivity index is 2.36. The standard InChI is InChI=1S/C20H29F6N/c1-2-3-4-5-6-7-8-9-11-27-12-10-16-13-17(19(21,22)23)15-18(14-16)20(24,25)26/h13-15,27H,2-12H2,1H3. The van der Waals surface area contributed by atoms with Crippen molar-refractivity contribution >= 4 is 0 Å². The van der Waals surface area contributed by atoms with Gasteiger partial charge in [0.05, 0.1) is 11.1 Å². The molecule has 1 aromatic carbocycles. The number of benzene rings is 1. The number of alkyl halides is 6. The average Bonchev–Trinajstić information content (AvgIpc) is 2.58. The molecule has 156 valence electrons. The summed E-state index contributed by atoms with van der Waals surface area (Å²) in [5.41, 5.74) is -2.47. The highest BCUT2D eigenvalue weighted by molar-refractivity contribution is 5.33. The van der Waals surface area contributed by atoms with Crippen LogP contribution in [0.3, 0.4) is 0 Å². The molecule has 0 saturated heterocycles. The van der Waals surface area contributed by atoms with E-state index in [1.54, 1.807) is 0 Å². The van der Waals surface area contributed by atoms with Gasteiger partial charge in [0.2, 0.25) is 0 Å². The summed E-state index contributed by atoms with van der Waals surface area (Å²) in [6.45, 7) is 3.25. The Kier molecular flexibility index (Phi) is 10.2. The lowest BCUT2D eigenvalue weighted by Gasteiger charge is -2.14. The van der Waals surface area contributed by atoms with Crippen LogP contribution >= 0.6 is 0 Å². The molecule has 1 nitrogen and oxygen atoms in total. The number of rotatable bonds is 12. The molecular weight excluding hydrogens is 368 g/mol. The highest BCUT2D eigenvalue weighted by Gasteiger charge is 2.36. The minimum Gasteiger partial charge on any atom is -0.316 e. The molecule has 0 saturated carbocycles. The van der Waals surface area contributed by atoms with Crippen molar-refractivity contribution in [3.8, 4) is 0 Å². The van der Waals surface area contributed by atoms with Crippen LogP contribution in [0.4, 0.5) is 26.3 Å². The van der Waals surface area contributed by atoms with E-state index < -0.39 is 23.5 Å². The van der Waals surface area contributed by atoms with Gasteiger partial charge < -0.3 is 5.32 Å². The SMILES string of the molecule is CCCCCCCCCCNCCc1cc(C(F)(F)F)cc(C(F)(F)F)c1. The summed E-state index contributed by atoms with van der Waals surface area (Å²) in [6.07, 6.45) is -0.0218. The van der Waals surface area contributed by atoms with Crippen LogP contribution in [-0.4, -0.2) is 13.1 Å². The fourth-order valence-corrected chi connectivity index (χ4v) is 2.91. The highest BCUT2D eigenvalue weighted by atomic mass is 19.4. The van der Waals surface area contributed by atoms with Crippen LogP contribution < -0.4 is 5.32 Å². The minimum atomic E-state index is -4.79. The van der Waals surface area contributed by atoms with Gasteiger partial charge in [-0.3, -0.25) is 0 Å².